The minimum atomic E-state index is 0.132. The maximum atomic E-state index is 5.84. The molecule has 0 spiro atoms. The van der Waals surface area contributed by atoms with E-state index in [2.05, 4.69) is 15.5 Å². The smallest absolute Gasteiger partial charge is 0.189 e. The number of methoxy groups -OCH3 is 1. The van der Waals surface area contributed by atoms with Gasteiger partial charge in [-0.3, -0.25) is 0 Å². The molecule has 1 heterocycles. The highest BCUT2D eigenvalue weighted by atomic mass is 16.5. The Morgan fingerprint density at radius 2 is 2.21 bits per heavy atom. The average Bonchev–Trinajstić information content (AvgIpc) is 2.78. The van der Waals surface area contributed by atoms with E-state index in [9.17, 15) is 0 Å². The van der Waals surface area contributed by atoms with Crippen molar-refractivity contribution >= 4 is 5.96 Å². The zero-order chi connectivity index (χ0) is 14.3. The van der Waals surface area contributed by atoms with E-state index in [4.69, 9.17) is 15.0 Å². The third-order valence-electron chi connectivity index (χ3n) is 2.83. The molecule has 19 heavy (non-hydrogen) atoms. The predicted octanol–water partition coefficient (Wildman–Crippen LogP) is 1.24. The number of nitrogens with zero attached hydrogens (tertiary/aromatic N) is 2. The molecule has 0 fully saturated rings. The van der Waals surface area contributed by atoms with Crippen molar-refractivity contribution in [1.29, 1.82) is 0 Å². The molecule has 1 aromatic rings. The summed E-state index contributed by atoms with van der Waals surface area (Å²) in [6, 6.07) is 0.132. The lowest BCUT2D eigenvalue weighted by molar-refractivity contribution is 0.179. The molecular weight excluding hydrogens is 244 g/mol. The summed E-state index contributed by atoms with van der Waals surface area (Å²) in [4.78, 5) is 4.33. The van der Waals surface area contributed by atoms with E-state index in [0.29, 0.717) is 19.1 Å². The van der Waals surface area contributed by atoms with Crippen molar-refractivity contribution in [2.45, 2.75) is 46.2 Å². The van der Waals surface area contributed by atoms with Crippen LogP contribution in [0.5, 0.6) is 0 Å². The molecule has 3 N–H and O–H groups in total. The number of rotatable bonds is 7. The summed E-state index contributed by atoms with van der Waals surface area (Å²) in [6.45, 7) is 7.15. The summed E-state index contributed by atoms with van der Waals surface area (Å²) < 4.78 is 10.3. The number of ether oxygens (including phenoxy) is 1. The number of guanidine groups is 1. The Morgan fingerprint density at radius 1 is 1.47 bits per heavy atom. The lowest BCUT2D eigenvalue weighted by Gasteiger charge is -2.13. The van der Waals surface area contributed by atoms with Crippen LogP contribution in [0, 0.1) is 0 Å². The third kappa shape index (κ3) is 4.55. The van der Waals surface area contributed by atoms with Crippen LogP contribution in [0.3, 0.4) is 0 Å². The van der Waals surface area contributed by atoms with Gasteiger partial charge in [-0.05, 0) is 13.3 Å². The molecule has 1 atom stereocenters. The highest BCUT2D eigenvalue weighted by Crippen LogP contribution is 2.16. The zero-order valence-electron chi connectivity index (χ0n) is 12.2. The summed E-state index contributed by atoms with van der Waals surface area (Å²) in [5.41, 5.74) is 7.84. The first-order valence-electron chi connectivity index (χ1n) is 6.63. The van der Waals surface area contributed by atoms with Crippen molar-refractivity contribution in [2.24, 2.45) is 10.7 Å². The Hall–Kier alpha value is -1.56. The number of hydrogen-bond acceptors (Lipinski definition) is 4. The van der Waals surface area contributed by atoms with Gasteiger partial charge in [-0.1, -0.05) is 19.0 Å². The molecule has 0 aliphatic heterocycles. The summed E-state index contributed by atoms with van der Waals surface area (Å²) >= 11 is 0. The fourth-order valence-corrected chi connectivity index (χ4v) is 1.87. The molecule has 108 valence electrons. The molecule has 1 aromatic heterocycles. The molecule has 0 radical (unpaired) electrons. The van der Waals surface area contributed by atoms with Gasteiger partial charge in [0.25, 0.3) is 0 Å². The Labute approximate surface area is 114 Å². The highest BCUT2D eigenvalue weighted by molar-refractivity contribution is 5.78. The molecule has 6 nitrogen and oxygen atoms in total. The molecule has 0 aliphatic rings. The van der Waals surface area contributed by atoms with Crippen LogP contribution in [-0.2, 0) is 24.1 Å². The van der Waals surface area contributed by atoms with Gasteiger partial charge in [0.15, 0.2) is 5.96 Å². The first kappa shape index (κ1) is 15.5. The van der Waals surface area contributed by atoms with E-state index in [1.165, 1.54) is 0 Å². The van der Waals surface area contributed by atoms with Gasteiger partial charge in [0, 0.05) is 25.1 Å². The zero-order valence-corrected chi connectivity index (χ0v) is 12.2. The van der Waals surface area contributed by atoms with Crippen molar-refractivity contribution < 1.29 is 9.26 Å². The van der Waals surface area contributed by atoms with Crippen LogP contribution in [0.15, 0.2) is 9.52 Å². The number of aryl methyl sites for hydroxylation is 2. The van der Waals surface area contributed by atoms with Crippen LogP contribution in [-0.4, -0.2) is 30.9 Å². The molecule has 0 amide bonds. The lowest BCUT2D eigenvalue weighted by atomic mass is 10.1. The van der Waals surface area contributed by atoms with Gasteiger partial charge in [0.1, 0.15) is 5.76 Å². The summed E-state index contributed by atoms with van der Waals surface area (Å²) in [5.74, 6) is 1.30. The summed E-state index contributed by atoms with van der Waals surface area (Å²) in [7, 11) is 1.66. The molecule has 1 unspecified atom stereocenters. The Kier molecular flexibility index (Phi) is 6.35. The van der Waals surface area contributed by atoms with Crippen LogP contribution >= 0.6 is 0 Å². The van der Waals surface area contributed by atoms with E-state index in [1.54, 1.807) is 7.11 Å². The number of aliphatic imine (C=N–C) groups is 1. The van der Waals surface area contributed by atoms with E-state index in [1.807, 2.05) is 20.8 Å². The molecule has 0 aliphatic carbocycles. The number of nitrogens with one attached hydrogen (secondary N) is 1. The molecule has 1 rings (SSSR count). The molecular formula is C13H24N4O2. The topological polar surface area (TPSA) is 85.7 Å². The fourth-order valence-electron chi connectivity index (χ4n) is 1.87. The van der Waals surface area contributed by atoms with Gasteiger partial charge in [-0.2, -0.15) is 0 Å². The van der Waals surface area contributed by atoms with E-state index >= 15 is 0 Å². The number of aromatic nitrogens is 1. The number of nitrogens with two attached hydrogens (primary N) is 1. The largest absolute Gasteiger partial charge is 0.383 e. The van der Waals surface area contributed by atoms with Gasteiger partial charge in [0.2, 0.25) is 0 Å². The third-order valence-corrected chi connectivity index (χ3v) is 2.83. The Morgan fingerprint density at radius 3 is 2.79 bits per heavy atom. The van der Waals surface area contributed by atoms with E-state index in [-0.39, 0.29) is 6.04 Å². The second-order valence-corrected chi connectivity index (χ2v) is 4.44. The monoisotopic (exact) mass is 268 g/mol. The molecule has 0 aromatic carbocycles. The Bertz CT molecular complexity index is 393. The normalized spacial score (nSPS) is 13.6. The fraction of sp³-hybridized carbons (Fsp3) is 0.692. The van der Waals surface area contributed by atoms with Crippen molar-refractivity contribution in [3.63, 3.8) is 0 Å². The van der Waals surface area contributed by atoms with Crippen molar-refractivity contribution in [3.8, 4) is 0 Å². The van der Waals surface area contributed by atoms with Gasteiger partial charge >= 0.3 is 0 Å². The van der Waals surface area contributed by atoms with E-state index < -0.39 is 0 Å². The second kappa shape index (κ2) is 7.78. The minimum Gasteiger partial charge on any atom is -0.383 e. The quantitative estimate of drug-likeness (QED) is 0.574. The SMILES string of the molecule is CCc1noc(CC)c1CN=C(N)NC(C)COC. The standard InChI is InChI=1S/C13H24N4O2/c1-5-11-10(12(6-2)19-17-11)7-15-13(14)16-9(3)8-18-4/h9H,5-8H2,1-4H3,(H3,14,15,16). The van der Waals surface area contributed by atoms with Gasteiger partial charge < -0.3 is 20.3 Å². The van der Waals surface area contributed by atoms with E-state index in [0.717, 1.165) is 29.9 Å². The summed E-state index contributed by atoms with van der Waals surface area (Å²) in [6.07, 6.45) is 1.65. The minimum absolute atomic E-state index is 0.132. The summed E-state index contributed by atoms with van der Waals surface area (Å²) in [5, 5.41) is 7.12. The van der Waals surface area contributed by atoms with Crippen LogP contribution in [0.25, 0.3) is 0 Å². The molecule has 6 heteroatoms. The van der Waals surface area contributed by atoms with Gasteiger partial charge in [-0.25, -0.2) is 4.99 Å². The van der Waals surface area contributed by atoms with Crippen molar-refractivity contribution in [2.75, 3.05) is 13.7 Å². The second-order valence-electron chi connectivity index (χ2n) is 4.44. The first-order valence-corrected chi connectivity index (χ1v) is 6.63. The van der Waals surface area contributed by atoms with Crippen molar-refractivity contribution in [3.05, 3.63) is 17.0 Å². The molecule has 0 saturated carbocycles. The molecule has 0 bridgehead atoms. The molecule has 0 saturated heterocycles. The van der Waals surface area contributed by atoms with Crippen LogP contribution < -0.4 is 11.1 Å². The highest BCUT2D eigenvalue weighted by Gasteiger charge is 2.12. The maximum absolute atomic E-state index is 5.84. The number of hydrogen-bond donors (Lipinski definition) is 2. The van der Waals surface area contributed by atoms with Crippen LogP contribution in [0.1, 0.15) is 37.8 Å². The average molecular weight is 268 g/mol. The first-order chi connectivity index (χ1) is 9.12. The van der Waals surface area contributed by atoms with Gasteiger partial charge in [-0.15, -0.1) is 0 Å². The van der Waals surface area contributed by atoms with Crippen molar-refractivity contribution in [1.82, 2.24) is 10.5 Å². The maximum Gasteiger partial charge on any atom is 0.189 e. The lowest BCUT2D eigenvalue weighted by Crippen LogP contribution is -2.40. The van der Waals surface area contributed by atoms with Gasteiger partial charge in [0.05, 0.1) is 18.8 Å². The predicted molar refractivity (Wildman–Crippen MR) is 75.1 cm³/mol. The van der Waals surface area contributed by atoms with Crippen LogP contribution in [0.4, 0.5) is 0 Å². The van der Waals surface area contributed by atoms with Crippen LogP contribution in [0.2, 0.25) is 0 Å². The Balaban J connectivity index is 2.66.